The average Bonchev–Trinajstić information content (AvgIpc) is 2.94. The van der Waals surface area contributed by atoms with Gasteiger partial charge in [0, 0.05) is 35.9 Å². The molecule has 3 nitrogen and oxygen atoms in total. The van der Waals surface area contributed by atoms with Crippen molar-refractivity contribution >= 4 is 28.6 Å². The van der Waals surface area contributed by atoms with Gasteiger partial charge >= 0.3 is 0 Å². The van der Waals surface area contributed by atoms with Gasteiger partial charge in [0.1, 0.15) is 0 Å². The molecule has 0 amide bonds. The molecule has 0 fully saturated rings. The first kappa shape index (κ1) is 15.3. The summed E-state index contributed by atoms with van der Waals surface area (Å²) in [6.07, 6.45) is 5.75. The Hall–Kier alpha value is -1.62. The number of benzene rings is 1. The van der Waals surface area contributed by atoms with Crippen molar-refractivity contribution in [3.8, 4) is 5.69 Å². The van der Waals surface area contributed by atoms with Crippen molar-refractivity contribution in [1.82, 2.24) is 14.9 Å². The fourth-order valence-electron chi connectivity index (χ4n) is 2.92. The highest BCUT2D eigenvalue weighted by Gasteiger charge is 2.22. The summed E-state index contributed by atoms with van der Waals surface area (Å²) in [5, 5.41) is 4.38. The summed E-state index contributed by atoms with van der Waals surface area (Å²) in [5.74, 6) is 0. The molecule has 1 aliphatic rings. The van der Waals surface area contributed by atoms with E-state index in [2.05, 4.69) is 51.4 Å². The SMILES string of the molecule is Br.Clc1ccc2c(c1)-n1cccc1C(c1ccncc1)NC2. The molecule has 0 spiro atoms. The fourth-order valence-corrected chi connectivity index (χ4v) is 3.09. The predicted molar refractivity (Wildman–Crippen MR) is 94.0 cm³/mol. The van der Waals surface area contributed by atoms with Gasteiger partial charge in [-0.25, -0.2) is 0 Å². The molecule has 1 unspecified atom stereocenters. The normalized spacial score (nSPS) is 16.1. The van der Waals surface area contributed by atoms with Gasteiger partial charge < -0.3 is 9.88 Å². The molecule has 1 aromatic carbocycles. The quantitative estimate of drug-likeness (QED) is 0.686. The molecule has 0 radical (unpaired) electrons. The van der Waals surface area contributed by atoms with E-state index in [1.807, 2.05) is 24.5 Å². The number of nitrogens with one attached hydrogen (secondary N) is 1. The number of hydrogen-bond donors (Lipinski definition) is 1. The van der Waals surface area contributed by atoms with E-state index >= 15 is 0 Å². The second kappa shape index (κ2) is 6.24. The highest BCUT2D eigenvalue weighted by molar-refractivity contribution is 8.93. The number of nitrogens with zero attached hydrogens (tertiary/aromatic N) is 2. The number of halogens is 2. The Morgan fingerprint density at radius 3 is 2.77 bits per heavy atom. The number of pyridine rings is 1. The van der Waals surface area contributed by atoms with Crippen molar-refractivity contribution in [3.63, 3.8) is 0 Å². The minimum absolute atomic E-state index is 0. The molecular formula is C17H15BrClN3. The van der Waals surface area contributed by atoms with E-state index in [0.29, 0.717) is 0 Å². The highest BCUT2D eigenvalue weighted by Crippen LogP contribution is 2.31. The topological polar surface area (TPSA) is 29.9 Å². The summed E-state index contributed by atoms with van der Waals surface area (Å²) in [6, 6.07) is 14.5. The molecule has 0 aliphatic carbocycles. The largest absolute Gasteiger partial charge is 0.319 e. The molecule has 22 heavy (non-hydrogen) atoms. The second-order valence-corrected chi connectivity index (χ2v) is 5.61. The Balaban J connectivity index is 0.00000144. The first-order valence-electron chi connectivity index (χ1n) is 6.92. The summed E-state index contributed by atoms with van der Waals surface area (Å²) in [6.45, 7) is 0.807. The zero-order valence-corrected chi connectivity index (χ0v) is 14.2. The van der Waals surface area contributed by atoms with Crippen molar-refractivity contribution in [2.45, 2.75) is 12.6 Å². The van der Waals surface area contributed by atoms with Crippen LogP contribution in [0.3, 0.4) is 0 Å². The van der Waals surface area contributed by atoms with Crippen LogP contribution in [-0.2, 0) is 6.54 Å². The number of aromatic nitrogens is 2. The van der Waals surface area contributed by atoms with Crippen LogP contribution < -0.4 is 5.32 Å². The van der Waals surface area contributed by atoms with Gasteiger partial charge in [-0.2, -0.15) is 0 Å². The Morgan fingerprint density at radius 2 is 1.95 bits per heavy atom. The molecule has 5 heteroatoms. The van der Waals surface area contributed by atoms with E-state index in [1.54, 1.807) is 0 Å². The van der Waals surface area contributed by atoms with Gasteiger partial charge in [0.15, 0.2) is 0 Å². The Bertz CT molecular complexity index is 786. The van der Waals surface area contributed by atoms with Crippen LogP contribution in [0.2, 0.25) is 5.02 Å². The molecule has 2 aromatic heterocycles. The summed E-state index contributed by atoms with van der Waals surface area (Å²) < 4.78 is 2.21. The van der Waals surface area contributed by atoms with Gasteiger partial charge in [0.05, 0.1) is 11.7 Å². The Kier molecular flexibility index (Phi) is 4.34. The lowest BCUT2D eigenvalue weighted by molar-refractivity contribution is 0.600. The van der Waals surface area contributed by atoms with E-state index in [4.69, 9.17) is 11.6 Å². The maximum atomic E-state index is 6.17. The molecule has 3 aromatic rings. The standard InChI is InChI=1S/C17H14ClN3.BrH/c18-14-4-3-13-11-20-17(12-5-7-19-8-6-12)15-2-1-9-21(15)16(13)10-14;/h1-10,17,20H,11H2;1H. The second-order valence-electron chi connectivity index (χ2n) is 5.17. The molecule has 1 atom stereocenters. The van der Waals surface area contributed by atoms with Gasteiger partial charge in [0.2, 0.25) is 0 Å². The van der Waals surface area contributed by atoms with Crippen molar-refractivity contribution in [2.75, 3.05) is 0 Å². The lowest BCUT2D eigenvalue weighted by Gasteiger charge is -2.17. The van der Waals surface area contributed by atoms with E-state index in [-0.39, 0.29) is 23.0 Å². The van der Waals surface area contributed by atoms with Crippen molar-refractivity contribution < 1.29 is 0 Å². The van der Waals surface area contributed by atoms with Gasteiger partial charge in [0.25, 0.3) is 0 Å². The van der Waals surface area contributed by atoms with Gasteiger partial charge in [-0.15, -0.1) is 17.0 Å². The minimum Gasteiger partial charge on any atom is -0.319 e. The smallest absolute Gasteiger partial charge is 0.0738 e. The first-order valence-corrected chi connectivity index (χ1v) is 7.30. The summed E-state index contributed by atoms with van der Waals surface area (Å²) in [7, 11) is 0. The maximum Gasteiger partial charge on any atom is 0.0738 e. The highest BCUT2D eigenvalue weighted by atomic mass is 79.9. The molecule has 3 heterocycles. The van der Waals surface area contributed by atoms with Crippen LogP contribution in [0.15, 0.2) is 61.1 Å². The lowest BCUT2D eigenvalue weighted by Crippen LogP contribution is -2.21. The van der Waals surface area contributed by atoms with Gasteiger partial charge in [-0.05, 0) is 47.5 Å². The molecule has 4 rings (SSSR count). The van der Waals surface area contributed by atoms with Crippen molar-refractivity contribution in [3.05, 3.63) is 82.9 Å². The van der Waals surface area contributed by atoms with E-state index in [0.717, 1.165) is 17.3 Å². The number of fused-ring (bicyclic) bond motifs is 3. The molecule has 0 saturated carbocycles. The van der Waals surface area contributed by atoms with Crippen LogP contribution in [0.4, 0.5) is 0 Å². The van der Waals surface area contributed by atoms with E-state index in [1.165, 1.54) is 16.8 Å². The lowest BCUT2D eigenvalue weighted by atomic mass is 10.1. The fraction of sp³-hybridized carbons (Fsp3) is 0.118. The van der Waals surface area contributed by atoms with Crippen LogP contribution in [-0.4, -0.2) is 9.55 Å². The zero-order valence-electron chi connectivity index (χ0n) is 11.7. The number of hydrogen-bond acceptors (Lipinski definition) is 2. The molecule has 112 valence electrons. The Labute approximate surface area is 144 Å². The van der Waals surface area contributed by atoms with Crippen LogP contribution in [0.1, 0.15) is 22.9 Å². The minimum atomic E-state index is 0. The molecule has 1 N–H and O–H groups in total. The molecule has 0 saturated heterocycles. The van der Waals surface area contributed by atoms with Crippen LogP contribution in [0.5, 0.6) is 0 Å². The molecule has 1 aliphatic heterocycles. The summed E-state index contributed by atoms with van der Waals surface area (Å²) in [4.78, 5) is 4.11. The molecule has 0 bridgehead atoms. The van der Waals surface area contributed by atoms with Crippen LogP contribution in [0.25, 0.3) is 5.69 Å². The van der Waals surface area contributed by atoms with Gasteiger partial charge in [-0.1, -0.05) is 17.7 Å². The summed E-state index contributed by atoms with van der Waals surface area (Å²) in [5.41, 5.74) is 4.81. The number of rotatable bonds is 1. The first-order chi connectivity index (χ1) is 10.3. The van der Waals surface area contributed by atoms with Crippen LogP contribution in [0, 0.1) is 0 Å². The average molecular weight is 377 g/mol. The molecular weight excluding hydrogens is 362 g/mol. The van der Waals surface area contributed by atoms with E-state index in [9.17, 15) is 0 Å². The monoisotopic (exact) mass is 375 g/mol. The predicted octanol–water partition coefficient (Wildman–Crippen LogP) is 4.30. The zero-order chi connectivity index (χ0) is 14.2. The van der Waals surface area contributed by atoms with Crippen LogP contribution >= 0.6 is 28.6 Å². The third kappa shape index (κ3) is 2.58. The third-order valence-electron chi connectivity index (χ3n) is 3.92. The summed E-state index contributed by atoms with van der Waals surface area (Å²) >= 11 is 6.17. The van der Waals surface area contributed by atoms with Gasteiger partial charge in [-0.3, -0.25) is 4.98 Å². The third-order valence-corrected chi connectivity index (χ3v) is 4.15. The van der Waals surface area contributed by atoms with Crippen molar-refractivity contribution in [2.24, 2.45) is 0 Å². The van der Waals surface area contributed by atoms with Crippen molar-refractivity contribution in [1.29, 1.82) is 0 Å². The van der Waals surface area contributed by atoms with E-state index < -0.39 is 0 Å². The maximum absolute atomic E-state index is 6.17. The Morgan fingerprint density at radius 1 is 1.14 bits per heavy atom.